The van der Waals surface area contributed by atoms with E-state index in [4.69, 9.17) is 10.5 Å². The predicted molar refractivity (Wildman–Crippen MR) is 105 cm³/mol. The molecular formula is C20H18BN3O3. The van der Waals surface area contributed by atoms with Gasteiger partial charge in [0.1, 0.15) is 5.78 Å². The van der Waals surface area contributed by atoms with Crippen molar-refractivity contribution in [2.45, 2.75) is 12.3 Å². The Morgan fingerprint density at radius 2 is 2.07 bits per heavy atom. The van der Waals surface area contributed by atoms with Gasteiger partial charge in [0.2, 0.25) is 0 Å². The van der Waals surface area contributed by atoms with Crippen LogP contribution in [0.2, 0.25) is 0 Å². The summed E-state index contributed by atoms with van der Waals surface area (Å²) in [6.07, 6.45) is 5.36. The summed E-state index contributed by atoms with van der Waals surface area (Å²) in [5.41, 5.74) is 8.97. The predicted octanol–water partition coefficient (Wildman–Crippen LogP) is 1.14. The van der Waals surface area contributed by atoms with Gasteiger partial charge in [-0.05, 0) is 28.1 Å². The summed E-state index contributed by atoms with van der Waals surface area (Å²) in [6, 6.07) is 13.3. The number of benzene rings is 2. The first-order valence-electron chi connectivity index (χ1n) is 8.72. The molecule has 0 radical (unpaired) electrons. The lowest BCUT2D eigenvalue weighted by Gasteiger charge is -2.18. The van der Waals surface area contributed by atoms with Crippen molar-refractivity contribution in [3.05, 3.63) is 71.5 Å². The Bertz CT molecular complexity index is 1040. The highest BCUT2D eigenvalue weighted by molar-refractivity contribution is 6.62. The summed E-state index contributed by atoms with van der Waals surface area (Å²) in [5, 5.41) is 15.7. The molecule has 3 aromatic rings. The number of Topliss-reactive ketones (excluding diaryl/α,β-unsaturated/α-hetero) is 1. The van der Waals surface area contributed by atoms with Crippen LogP contribution in [0.25, 0.3) is 10.8 Å². The summed E-state index contributed by atoms with van der Waals surface area (Å²) < 4.78 is 4.87. The van der Waals surface area contributed by atoms with E-state index in [1.807, 2.05) is 36.4 Å². The number of oxime groups is 1. The lowest BCUT2D eigenvalue weighted by atomic mass is 9.74. The Labute approximate surface area is 156 Å². The maximum absolute atomic E-state index is 12.9. The van der Waals surface area contributed by atoms with Crippen LogP contribution in [0.5, 0.6) is 0 Å². The van der Waals surface area contributed by atoms with Gasteiger partial charge in [0.25, 0.3) is 0 Å². The van der Waals surface area contributed by atoms with E-state index in [-0.39, 0.29) is 18.7 Å². The second-order valence-electron chi connectivity index (χ2n) is 6.57. The molecule has 1 unspecified atom stereocenters. The minimum Gasteiger partial charge on any atom is -0.427 e. The molecule has 0 bridgehead atoms. The van der Waals surface area contributed by atoms with Gasteiger partial charge >= 0.3 is 7.12 Å². The van der Waals surface area contributed by atoms with Crippen LogP contribution in [-0.2, 0) is 16.0 Å². The molecule has 0 fully saturated rings. The quantitative estimate of drug-likeness (QED) is 0.666. The van der Waals surface area contributed by atoms with Gasteiger partial charge in [-0.25, -0.2) is 0 Å². The van der Waals surface area contributed by atoms with Gasteiger partial charge in [-0.2, -0.15) is 0 Å². The molecule has 1 aliphatic heterocycles. The molecule has 7 heteroatoms. The number of carbonyl (C=O) groups excluding carboxylic acids is 1. The first kappa shape index (κ1) is 17.4. The zero-order valence-electron chi connectivity index (χ0n) is 14.6. The number of rotatable bonds is 5. The SMILES string of the molecule is NCC(C(=O)Cc1ccc2cnccc2c1)c1ccc2c(c1)B(O)ON=C2. The molecule has 4 rings (SSSR count). The second kappa shape index (κ2) is 7.30. The van der Waals surface area contributed by atoms with Crippen molar-refractivity contribution in [3.8, 4) is 0 Å². The fourth-order valence-electron chi connectivity index (χ4n) is 3.36. The number of pyridine rings is 1. The third-order valence-electron chi connectivity index (χ3n) is 4.84. The van der Waals surface area contributed by atoms with Gasteiger partial charge in [-0.15, -0.1) is 5.16 Å². The smallest absolute Gasteiger partial charge is 0.427 e. The Morgan fingerprint density at radius 3 is 2.93 bits per heavy atom. The molecule has 0 aliphatic carbocycles. The normalized spacial score (nSPS) is 13.9. The maximum atomic E-state index is 12.9. The lowest BCUT2D eigenvalue weighted by molar-refractivity contribution is -0.119. The van der Waals surface area contributed by atoms with E-state index in [0.29, 0.717) is 5.46 Å². The van der Waals surface area contributed by atoms with Gasteiger partial charge in [-0.3, -0.25) is 9.78 Å². The highest BCUT2D eigenvalue weighted by atomic mass is 16.6. The minimum absolute atomic E-state index is 0.0331. The third-order valence-corrected chi connectivity index (χ3v) is 4.84. The van der Waals surface area contributed by atoms with Gasteiger partial charge < -0.3 is 15.5 Å². The number of ketones is 1. The first-order chi connectivity index (χ1) is 13.2. The minimum atomic E-state index is -1.13. The average Bonchev–Trinajstić information content (AvgIpc) is 2.69. The van der Waals surface area contributed by atoms with Crippen molar-refractivity contribution < 1.29 is 14.6 Å². The summed E-state index contributed by atoms with van der Waals surface area (Å²) in [7, 11) is -1.13. The zero-order valence-corrected chi connectivity index (χ0v) is 14.6. The van der Waals surface area contributed by atoms with E-state index in [2.05, 4.69) is 10.1 Å². The van der Waals surface area contributed by atoms with Crippen LogP contribution in [0.4, 0.5) is 0 Å². The van der Waals surface area contributed by atoms with Crippen molar-refractivity contribution in [2.75, 3.05) is 6.54 Å². The molecule has 2 aromatic carbocycles. The van der Waals surface area contributed by atoms with E-state index >= 15 is 0 Å². The number of hydrogen-bond donors (Lipinski definition) is 2. The van der Waals surface area contributed by atoms with Crippen molar-refractivity contribution in [3.63, 3.8) is 0 Å². The Balaban J connectivity index is 1.59. The molecule has 0 spiro atoms. The first-order valence-corrected chi connectivity index (χ1v) is 8.72. The Hall–Kier alpha value is -3.03. The van der Waals surface area contributed by atoms with Gasteiger partial charge in [0.05, 0.1) is 12.1 Å². The van der Waals surface area contributed by atoms with Crippen molar-refractivity contribution >= 4 is 35.4 Å². The van der Waals surface area contributed by atoms with Crippen molar-refractivity contribution in [2.24, 2.45) is 10.9 Å². The third kappa shape index (κ3) is 3.47. The maximum Gasteiger partial charge on any atom is 0.583 e. The fraction of sp³-hybridized carbons (Fsp3) is 0.150. The standard InChI is InChI=1S/C20H18BN3O3/c22-10-18(15-3-4-17-12-24-27-21(26)19(17)9-15)20(25)8-13-1-2-16-11-23-6-5-14(16)7-13/h1-7,9,11-12,18,26H,8,10,22H2. The molecule has 0 saturated heterocycles. The summed E-state index contributed by atoms with van der Waals surface area (Å²) >= 11 is 0. The molecule has 6 nitrogen and oxygen atoms in total. The van der Waals surface area contributed by atoms with E-state index in [1.54, 1.807) is 18.5 Å². The monoisotopic (exact) mass is 359 g/mol. The highest BCUT2D eigenvalue weighted by Crippen LogP contribution is 2.21. The fourth-order valence-corrected chi connectivity index (χ4v) is 3.36. The van der Waals surface area contributed by atoms with Crippen molar-refractivity contribution in [1.29, 1.82) is 0 Å². The van der Waals surface area contributed by atoms with Crippen LogP contribution < -0.4 is 11.2 Å². The summed E-state index contributed by atoms with van der Waals surface area (Å²) in [6.45, 7) is 0.195. The number of fused-ring (bicyclic) bond motifs is 2. The zero-order chi connectivity index (χ0) is 18.8. The topological polar surface area (TPSA) is 97.8 Å². The molecule has 1 aromatic heterocycles. The average molecular weight is 359 g/mol. The Kier molecular flexibility index (Phi) is 4.70. The van der Waals surface area contributed by atoms with Gasteiger partial charge in [0, 0.05) is 36.2 Å². The number of nitrogens with zero attached hydrogens (tertiary/aromatic N) is 2. The van der Waals surface area contributed by atoms with Crippen LogP contribution >= 0.6 is 0 Å². The molecular weight excluding hydrogens is 341 g/mol. The molecule has 134 valence electrons. The van der Waals surface area contributed by atoms with E-state index in [1.165, 1.54) is 6.21 Å². The van der Waals surface area contributed by atoms with Crippen LogP contribution in [0.1, 0.15) is 22.6 Å². The van der Waals surface area contributed by atoms with Gasteiger partial charge in [-0.1, -0.05) is 36.4 Å². The van der Waals surface area contributed by atoms with Crippen molar-refractivity contribution in [1.82, 2.24) is 4.98 Å². The molecule has 27 heavy (non-hydrogen) atoms. The van der Waals surface area contributed by atoms with Crippen LogP contribution in [-0.4, -0.2) is 35.7 Å². The number of hydrogen-bond acceptors (Lipinski definition) is 6. The Morgan fingerprint density at radius 1 is 1.19 bits per heavy atom. The number of nitrogens with two attached hydrogens (primary N) is 1. The van der Waals surface area contributed by atoms with Crippen LogP contribution in [0.15, 0.2) is 60.0 Å². The highest BCUT2D eigenvalue weighted by Gasteiger charge is 2.27. The number of carbonyl (C=O) groups is 1. The number of aromatic nitrogens is 1. The summed E-state index contributed by atoms with van der Waals surface area (Å²) in [4.78, 5) is 17.0. The largest absolute Gasteiger partial charge is 0.583 e. The summed E-state index contributed by atoms with van der Waals surface area (Å²) in [5.74, 6) is -0.416. The molecule has 0 amide bonds. The van der Waals surface area contributed by atoms with E-state index < -0.39 is 13.0 Å². The molecule has 2 heterocycles. The molecule has 3 N–H and O–H groups in total. The van der Waals surface area contributed by atoms with E-state index in [9.17, 15) is 9.82 Å². The molecule has 1 atom stereocenters. The molecule has 0 saturated carbocycles. The van der Waals surface area contributed by atoms with Gasteiger partial charge in [0.15, 0.2) is 0 Å². The van der Waals surface area contributed by atoms with E-state index in [0.717, 1.165) is 27.5 Å². The molecule has 1 aliphatic rings. The van der Waals surface area contributed by atoms with Crippen LogP contribution in [0, 0.1) is 0 Å². The lowest BCUT2D eigenvalue weighted by Crippen LogP contribution is -2.38. The second-order valence-corrected chi connectivity index (χ2v) is 6.57. The van der Waals surface area contributed by atoms with Crippen LogP contribution in [0.3, 0.4) is 0 Å².